The minimum atomic E-state index is -0.149. The summed E-state index contributed by atoms with van der Waals surface area (Å²) in [6.45, 7) is 2.63. The second-order valence-electron chi connectivity index (χ2n) is 6.69. The number of aryl methyl sites for hydroxylation is 1. The zero-order valence-corrected chi connectivity index (χ0v) is 18.1. The van der Waals surface area contributed by atoms with Crippen LogP contribution in [0.1, 0.15) is 30.0 Å². The Morgan fingerprint density at radius 3 is 2.54 bits per heavy atom. The van der Waals surface area contributed by atoms with E-state index < -0.39 is 0 Å². The van der Waals surface area contributed by atoms with E-state index in [-0.39, 0.29) is 12.1 Å². The summed E-state index contributed by atoms with van der Waals surface area (Å²) in [4.78, 5) is 15.0. The van der Waals surface area contributed by atoms with Crippen LogP contribution in [0.25, 0.3) is 0 Å². The fraction of sp³-hybridized carbons (Fsp3) is 0.381. The smallest absolute Gasteiger partial charge is 0.322 e. The second kappa shape index (κ2) is 8.73. The Hall–Kier alpha value is -2.41. The first-order valence-electron chi connectivity index (χ1n) is 9.12. The molecular weight excluding hydrogens is 424 g/mol. The average molecular weight is 449 g/mol. The van der Waals surface area contributed by atoms with Crippen LogP contribution in [0.3, 0.4) is 0 Å². The van der Waals surface area contributed by atoms with Crippen LogP contribution in [0, 0.1) is 6.92 Å². The number of amides is 2. The van der Waals surface area contributed by atoms with Crippen LogP contribution < -0.4 is 19.5 Å². The van der Waals surface area contributed by atoms with Crippen LogP contribution in [0.2, 0.25) is 0 Å². The molecule has 28 heavy (non-hydrogen) atoms. The largest absolute Gasteiger partial charge is 0.497 e. The molecule has 0 saturated carbocycles. The number of benzene rings is 2. The minimum Gasteiger partial charge on any atom is -0.497 e. The van der Waals surface area contributed by atoms with Gasteiger partial charge < -0.3 is 24.4 Å². The lowest BCUT2D eigenvalue weighted by atomic mass is 10.0. The molecule has 7 heteroatoms. The molecule has 0 radical (unpaired) electrons. The molecule has 2 aromatic carbocycles. The van der Waals surface area contributed by atoms with Gasteiger partial charge in [-0.1, -0.05) is 15.9 Å². The van der Waals surface area contributed by atoms with Gasteiger partial charge in [-0.3, -0.25) is 0 Å². The number of nitrogens with zero attached hydrogens (tertiary/aromatic N) is 1. The molecule has 1 fully saturated rings. The normalized spacial score (nSPS) is 16.0. The number of nitrogens with one attached hydrogen (secondary N) is 1. The highest BCUT2D eigenvalue weighted by atomic mass is 79.9. The third-order valence-corrected chi connectivity index (χ3v) is 5.49. The highest BCUT2D eigenvalue weighted by molar-refractivity contribution is 9.10. The van der Waals surface area contributed by atoms with E-state index in [1.54, 1.807) is 21.3 Å². The maximum atomic E-state index is 13.1. The van der Waals surface area contributed by atoms with E-state index in [9.17, 15) is 4.79 Å². The summed E-state index contributed by atoms with van der Waals surface area (Å²) in [7, 11) is 4.85. The monoisotopic (exact) mass is 448 g/mol. The number of anilines is 1. The molecule has 1 aliphatic rings. The summed E-state index contributed by atoms with van der Waals surface area (Å²) in [5, 5.41) is 3.03. The average Bonchev–Trinajstić information content (AvgIpc) is 3.18. The Morgan fingerprint density at radius 1 is 1.11 bits per heavy atom. The molecule has 2 amide bonds. The SMILES string of the molecule is COc1ccc(C2CCCN2C(=O)Nc2c(C)cc(Br)cc2OC)c(OC)c1. The molecule has 1 unspecified atom stereocenters. The highest BCUT2D eigenvalue weighted by Crippen LogP contribution is 2.40. The number of hydrogen-bond acceptors (Lipinski definition) is 4. The zero-order valence-electron chi connectivity index (χ0n) is 16.5. The van der Waals surface area contributed by atoms with E-state index in [1.807, 2.05) is 42.2 Å². The van der Waals surface area contributed by atoms with Gasteiger partial charge in [0.25, 0.3) is 0 Å². The summed E-state index contributed by atoms with van der Waals surface area (Å²) in [6, 6.07) is 9.31. The molecule has 0 aliphatic carbocycles. The van der Waals surface area contributed by atoms with Gasteiger partial charge in [0.1, 0.15) is 17.2 Å². The Labute approximate surface area is 173 Å². The molecular formula is C21H25BrN2O4. The molecule has 0 aromatic heterocycles. The van der Waals surface area contributed by atoms with Gasteiger partial charge in [-0.25, -0.2) is 4.79 Å². The van der Waals surface area contributed by atoms with E-state index in [4.69, 9.17) is 14.2 Å². The molecule has 1 heterocycles. The number of ether oxygens (including phenoxy) is 3. The number of carbonyl (C=O) groups excluding carboxylic acids is 1. The predicted molar refractivity (Wildman–Crippen MR) is 113 cm³/mol. The van der Waals surface area contributed by atoms with Crippen molar-refractivity contribution in [2.75, 3.05) is 33.2 Å². The molecule has 0 bridgehead atoms. The molecule has 1 aliphatic heterocycles. The van der Waals surface area contributed by atoms with Gasteiger partial charge >= 0.3 is 6.03 Å². The lowest BCUT2D eigenvalue weighted by Gasteiger charge is -2.27. The van der Waals surface area contributed by atoms with Crippen LogP contribution >= 0.6 is 15.9 Å². The van der Waals surface area contributed by atoms with E-state index in [2.05, 4.69) is 21.2 Å². The lowest BCUT2D eigenvalue weighted by molar-refractivity contribution is 0.206. The number of urea groups is 1. The molecule has 1 N–H and O–H groups in total. The maximum Gasteiger partial charge on any atom is 0.322 e. The minimum absolute atomic E-state index is 0.0531. The first-order valence-corrected chi connectivity index (χ1v) is 9.91. The lowest BCUT2D eigenvalue weighted by Crippen LogP contribution is -2.34. The Kier molecular flexibility index (Phi) is 6.34. The molecule has 1 atom stereocenters. The van der Waals surface area contributed by atoms with Crippen molar-refractivity contribution in [3.8, 4) is 17.2 Å². The first kappa shape index (κ1) is 20.3. The van der Waals surface area contributed by atoms with E-state index in [1.165, 1.54) is 0 Å². The fourth-order valence-corrected chi connectivity index (χ4v) is 4.19. The van der Waals surface area contributed by atoms with Crippen LogP contribution in [-0.4, -0.2) is 38.8 Å². The second-order valence-corrected chi connectivity index (χ2v) is 7.61. The van der Waals surface area contributed by atoms with E-state index in [0.29, 0.717) is 18.0 Å². The van der Waals surface area contributed by atoms with Crippen molar-refractivity contribution in [3.63, 3.8) is 0 Å². The summed E-state index contributed by atoms with van der Waals surface area (Å²) in [5.74, 6) is 2.07. The number of halogens is 1. The number of likely N-dealkylation sites (tertiary alicyclic amines) is 1. The van der Waals surface area contributed by atoms with E-state index >= 15 is 0 Å². The van der Waals surface area contributed by atoms with Gasteiger partial charge in [0.15, 0.2) is 0 Å². The van der Waals surface area contributed by atoms with Crippen molar-refractivity contribution in [2.24, 2.45) is 0 Å². The zero-order chi connectivity index (χ0) is 20.3. The molecule has 6 nitrogen and oxygen atoms in total. The van der Waals surface area contributed by atoms with Gasteiger partial charge in [0, 0.05) is 22.6 Å². The number of hydrogen-bond donors (Lipinski definition) is 1. The van der Waals surface area contributed by atoms with Crippen molar-refractivity contribution in [1.29, 1.82) is 0 Å². The van der Waals surface area contributed by atoms with Gasteiger partial charge in [-0.15, -0.1) is 0 Å². The third-order valence-electron chi connectivity index (χ3n) is 5.03. The van der Waals surface area contributed by atoms with Gasteiger partial charge in [-0.05, 0) is 49.6 Å². The van der Waals surface area contributed by atoms with Crippen LogP contribution in [-0.2, 0) is 0 Å². The predicted octanol–water partition coefficient (Wildman–Crippen LogP) is 5.15. The maximum absolute atomic E-state index is 13.1. The van der Waals surface area contributed by atoms with Gasteiger partial charge in [0.05, 0.1) is 33.1 Å². The molecule has 0 spiro atoms. The Morgan fingerprint density at radius 2 is 1.86 bits per heavy atom. The number of rotatable bonds is 5. The van der Waals surface area contributed by atoms with Crippen molar-refractivity contribution in [3.05, 3.63) is 45.9 Å². The van der Waals surface area contributed by atoms with Crippen LogP contribution in [0.5, 0.6) is 17.2 Å². The van der Waals surface area contributed by atoms with E-state index in [0.717, 1.165) is 39.9 Å². The number of carbonyl (C=O) groups is 1. The van der Waals surface area contributed by atoms with Gasteiger partial charge in [-0.2, -0.15) is 0 Å². The summed E-state index contributed by atoms with van der Waals surface area (Å²) in [5.41, 5.74) is 2.59. The van der Waals surface area contributed by atoms with Crippen LogP contribution in [0.15, 0.2) is 34.8 Å². The first-order chi connectivity index (χ1) is 13.5. The molecule has 1 saturated heterocycles. The van der Waals surface area contributed by atoms with Crippen molar-refractivity contribution < 1.29 is 19.0 Å². The summed E-state index contributed by atoms with van der Waals surface area (Å²) >= 11 is 3.46. The molecule has 3 rings (SSSR count). The van der Waals surface area contributed by atoms with Crippen molar-refractivity contribution in [1.82, 2.24) is 4.90 Å². The Balaban J connectivity index is 1.87. The summed E-state index contributed by atoms with van der Waals surface area (Å²) < 4.78 is 17.2. The number of methoxy groups -OCH3 is 3. The van der Waals surface area contributed by atoms with Crippen LogP contribution in [0.4, 0.5) is 10.5 Å². The fourth-order valence-electron chi connectivity index (χ4n) is 3.64. The van der Waals surface area contributed by atoms with Gasteiger partial charge in [0.2, 0.25) is 0 Å². The topological polar surface area (TPSA) is 60.0 Å². The standard InChI is InChI=1S/C21H25BrN2O4/c1-13-10-14(22)11-19(28-4)20(13)23-21(25)24-9-5-6-17(24)16-8-7-15(26-2)12-18(16)27-3/h7-8,10-12,17H,5-6,9H2,1-4H3,(H,23,25). The van der Waals surface area contributed by atoms with Crippen molar-refractivity contribution in [2.45, 2.75) is 25.8 Å². The molecule has 2 aromatic rings. The van der Waals surface area contributed by atoms with Crippen molar-refractivity contribution >= 4 is 27.6 Å². The highest BCUT2D eigenvalue weighted by Gasteiger charge is 2.32. The summed E-state index contributed by atoms with van der Waals surface area (Å²) in [6.07, 6.45) is 1.82. The molecule has 150 valence electrons. The Bertz CT molecular complexity index is 872. The quantitative estimate of drug-likeness (QED) is 0.686. The third kappa shape index (κ3) is 4.04.